The number of hydrogen-bond acceptors (Lipinski definition) is 3. The molecule has 0 saturated carbocycles. The maximum absolute atomic E-state index is 14.1. The number of benzene rings is 1. The smallest absolute Gasteiger partial charge is 0.160 e. The highest BCUT2D eigenvalue weighted by atomic mass is 19.1. The Kier molecular flexibility index (Phi) is 3.85. The molecule has 0 aliphatic heterocycles. The Morgan fingerprint density at radius 1 is 1.37 bits per heavy atom. The molecule has 1 aromatic carbocycles. The zero-order valence-corrected chi connectivity index (χ0v) is 11.6. The summed E-state index contributed by atoms with van der Waals surface area (Å²) in [7, 11) is 5.48. The lowest BCUT2D eigenvalue weighted by Gasteiger charge is -2.14. The summed E-state index contributed by atoms with van der Waals surface area (Å²) < 4.78 is 20.8. The summed E-state index contributed by atoms with van der Waals surface area (Å²) in [5.41, 5.74) is 2.10. The van der Waals surface area contributed by atoms with E-state index in [1.807, 2.05) is 32.0 Å². The van der Waals surface area contributed by atoms with Crippen LogP contribution in [0.5, 0.6) is 5.75 Å². The molecule has 0 radical (unpaired) electrons. The molecule has 4 nitrogen and oxygen atoms in total. The Hall–Kier alpha value is -1.88. The molecule has 0 atom stereocenters. The molecule has 0 spiro atoms. The highest BCUT2D eigenvalue weighted by Crippen LogP contribution is 2.23. The second-order valence-corrected chi connectivity index (χ2v) is 4.71. The minimum absolute atomic E-state index is 0.287. The number of ether oxygens (including phenoxy) is 1. The van der Waals surface area contributed by atoms with Gasteiger partial charge >= 0.3 is 0 Å². The van der Waals surface area contributed by atoms with Crippen molar-refractivity contribution in [1.82, 2.24) is 14.7 Å². The van der Waals surface area contributed by atoms with Crippen LogP contribution in [-0.4, -0.2) is 35.9 Å². The van der Waals surface area contributed by atoms with Gasteiger partial charge in [0.15, 0.2) is 5.75 Å². The predicted molar refractivity (Wildman–Crippen MR) is 72.2 cm³/mol. The summed E-state index contributed by atoms with van der Waals surface area (Å²) in [6.07, 6.45) is 1.70. The average Bonchev–Trinajstić information content (AvgIpc) is 2.69. The first-order valence-corrected chi connectivity index (χ1v) is 6.05. The van der Waals surface area contributed by atoms with Gasteiger partial charge in [0.05, 0.1) is 13.3 Å². The van der Waals surface area contributed by atoms with E-state index in [0.29, 0.717) is 18.0 Å². The van der Waals surface area contributed by atoms with E-state index in [2.05, 4.69) is 5.10 Å². The maximum atomic E-state index is 14.1. The molecule has 0 bridgehead atoms. The van der Waals surface area contributed by atoms with E-state index in [0.717, 1.165) is 11.3 Å². The van der Waals surface area contributed by atoms with Crippen LogP contribution in [-0.2, 0) is 6.54 Å². The maximum Gasteiger partial charge on any atom is 0.160 e. The lowest BCUT2D eigenvalue weighted by atomic mass is 10.1. The van der Waals surface area contributed by atoms with Crippen LogP contribution in [0.1, 0.15) is 11.3 Å². The Morgan fingerprint density at radius 2 is 2.11 bits per heavy atom. The van der Waals surface area contributed by atoms with Crippen LogP contribution in [0.4, 0.5) is 4.39 Å². The third-order valence-corrected chi connectivity index (χ3v) is 2.86. The van der Waals surface area contributed by atoms with Gasteiger partial charge in [-0.05, 0) is 32.6 Å². The molecule has 0 N–H and O–H groups in total. The zero-order valence-electron chi connectivity index (χ0n) is 11.6. The van der Waals surface area contributed by atoms with Gasteiger partial charge in [-0.3, -0.25) is 0 Å². The van der Waals surface area contributed by atoms with E-state index >= 15 is 0 Å². The fourth-order valence-corrected chi connectivity index (χ4v) is 2.04. The molecule has 0 aliphatic rings. The van der Waals surface area contributed by atoms with Crippen molar-refractivity contribution in [2.75, 3.05) is 21.2 Å². The number of aromatic nitrogens is 2. The van der Waals surface area contributed by atoms with Crippen molar-refractivity contribution in [2.45, 2.75) is 13.5 Å². The number of aryl methyl sites for hydroxylation is 1. The number of hydrogen-bond donors (Lipinski definition) is 0. The zero-order chi connectivity index (χ0) is 14.0. The van der Waals surface area contributed by atoms with E-state index in [1.54, 1.807) is 24.1 Å². The monoisotopic (exact) mass is 263 g/mol. The molecule has 0 saturated heterocycles. The van der Waals surface area contributed by atoms with Gasteiger partial charge in [0, 0.05) is 6.54 Å². The van der Waals surface area contributed by atoms with E-state index in [-0.39, 0.29) is 5.82 Å². The lowest BCUT2D eigenvalue weighted by Crippen LogP contribution is -2.14. The molecule has 19 heavy (non-hydrogen) atoms. The SMILES string of the molecule is COc1cn(-c2c(F)cccc2CN(C)C)nc1C. The number of methoxy groups -OCH3 is 1. The fourth-order valence-electron chi connectivity index (χ4n) is 2.04. The second kappa shape index (κ2) is 5.40. The minimum atomic E-state index is -0.287. The lowest BCUT2D eigenvalue weighted by molar-refractivity contribution is 0.400. The van der Waals surface area contributed by atoms with E-state index < -0.39 is 0 Å². The molecule has 0 fully saturated rings. The third kappa shape index (κ3) is 2.76. The average molecular weight is 263 g/mol. The van der Waals surface area contributed by atoms with Crippen LogP contribution in [0.3, 0.4) is 0 Å². The quantitative estimate of drug-likeness (QED) is 0.848. The van der Waals surface area contributed by atoms with Gasteiger partial charge in [-0.2, -0.15) is 5.10 Å². The molecule has 5 heteroatoms. The van der Waals surface area contributed by atoms with Gasteiger partial charge in [-0.25, -0.2) is 9.07 Å². The number of para-hydroxylation sites is 1. The predicted octanol–water partition coefficient (Wildman–Crippen LogP) is 2.39. The third-order valence-electron chi connectivity index (χ3n) is 2.86. The van der Waals surface area contributed by atoms with Crippen LogP contribution >= 0.6 is 0 Å². The molecule has 102 valence electrons. The first-order chi connectivity index (χ1) is 9.02. The van der Waals surface area contributed by atoms with Crippen LogP contribution in [0.25, 0.3) is 5.69 Å². The van der Waals surface area contributed by atoms with Gasteiger partial charge in [0.2, 0.25) is 0 Å². The van der Waals surface area contributed by atoms with Gasteiger partial charge in [-0.15, -0.1) is 0 Å². The van der Waals surface area contributed by atoms with Crippen molar-refractivity contribution in [3.63, 3.8) is 0 Å². The standard InChI is InChI=1S/C14H18FN3O/c1-10-13(19-4)9-18(16-10)14-11(8-17(2)3)6-5-7-12(14)15/h5-7,9H,8H2,1-4H3. The number of halogens is 1. The van der Waals surface area contributed by atoms with Gasteiger partial charge in [0.1, 0.15) is 17.2 Å². The number of rotatable bonds is 4. The molecule has 0 amide bonds. The van der Waals surface area contributed by atoms with Crippen molar-refractivity contribution in [3.8, 4) is 11.4 Å². The van der Waals surface area contributed by atoms with Crippen LogP contribution in [0.15, 0.2) is 24.4 Å². The molecule has 1 heterocycles. The number of nitrogens with zero attached hydrogens (tertiary/aromatic N) is 3. The summed E-state index contributed by atoms with van der Waals surface area (Å²) in [4.78, 5) is 1.99. The van der Waals surface area contributed by atoms with Crippen molar-refractivity contribution in [1.29, 1.82) is 0 Å². The van der Waals surface area contributed by atoms with Crippen molar-refractivity contribution in [2.24, 2.45) is 0 Å². The summed E-state index contributed by atoms with van der Waals surface area (Å²) >= 11 is 0. The molecule has 2 rings (SSSR count). The Morgan fingerprint density at radius 3 is 2.68 bits per heavy atom. The molecule has 1 aromatic heterocycles. The van der Waals surface area contributed by atoms with Crippen LogP contribution < -0.4 is 4.74 Å². The van der Waals surface area contributed by atoms with Crippen molar-refractivity contribution in [3.05, 3.63) is 41.5 Å². The topological polar surface area (TPSA) is 30.3 Å². The van der Waals surface area contributed by atoms with Gasteiger partial charge in [0.25, 0.3) is 0 Å². The van der Waals surface area contributed by atoms with Gasteiger partial charge < -0.3 is 9.64 Å². The van der Waals surface area contributed by atoms with Crippen LogP contribution in [0, 0.1) is 12.7 Å². The highest BCUT2D eigenvalue weighted by Gasteiger charge is 2.14. The fraction of sp³-hybridized carbons (Fsp3) is 0.357. The first-order valence-electron chi connectivity index (χ1n) is 6.05. The Bertz CT molecular complexity index is 578. The molecule has 0 aliphatic carbocycles. The molecular formula is C14H18FN3O. The molecule has 2 aromatic rings. The normalized spacial score (nSPS) is 11.1. The van der Waals surface area contributed by atoms with E-state index in [9.17, 15) is 4.39 Å². The van der Waals surface area contributed by atoms with Crippen molar-refractivity contribution < 1.29 is 9.13 Å². The van der Waals surface area contributed by atoms with Crippen molar-refractivity contribution >= 4 is 0 Å². The van der Waals surface area contributed by atoms with E-state index in [1.165, 1.54) is 6.07 Å². The Balaban J connectivity index is 2.53. The first kappa shape index (κ1) is 13.5. The van der Waals surface area contributed by atoms with Crippen LogP contribution in [0.2, 0.25) is 0 Å². The Labute approximate surface area is 112 Å². The summed E-state index contributed by atoms with van der Waals surface area (Å²) in [6.45, 7) is 2.48. The highest BCUT2D eigenvalue weighted by molar-refractivity contribution is 5.43. The summed E-state index contributed by atoms with van der Waals surface area (Å²) in [5, 5.41) is 4.31. The second-order valence-electron chi connectivity index (χ2n) is 4.71. The minimum Gasteiger partial charge on any atom is -0.493 e. The molecular weight excluding hydrogens is 245 g/mol. The molecule has 0 unspecified atom stereocenters. The van der Waals surface area contributed by atoms with Gasteiger partial charge in [-0.1, -0.05) is 12.1 Å². The summed E-state index contributed by atoms with van der Waals surface area (Å²) in [6, 6.07) is 5.06. The largest absolute Gasteiger partial charge is 0.493 e. The summed E-state index contributed by atoms with van der Waals surface area (Å²) in [5.74, 6) is 0.364. The van der Waals surface area contributed by atoms with E-state index in [4.69, 9.17) is 4.74 Å².